The molecule has 1 aliphatic rings. The minimum atomic E-state index is -0.485. The van der Waals surface area contributed by atoms with Crippen LogP contribution >= 0.6 is 0 Å². The van der Waals surface area contributed by atoms with E-state index in [0.29, 0.717) is 41.8 Å². The van der Waals surface area contributed by atoms with Gasteiger partial charge in [-0.1, -0.05) is 30.3 Å². The lowest BCUT2D eigenvalue weighted by molar-refractivity contribution is -0.384. The quantitative estimate of drug-likeness (QED) is 0.339. The highest BCUT2D eigenvalue weighted by Gasteiger charge is 2.22. The lowest BCUT2D eigenvalue weighted by Gasteiger charge is -2.24. The zero-order valence-corrected chi connectivity index (χ0v) is 17.4. The third-order valence-corrected chi connectivity index (χ3v) is 5.81. The molecule has 7 nitrogen and oxygen atoms in total. The van der Waals surface area contributed by atoms with E-state index in [1.54, 1.807) is 17.7 Å². The average molecular weight is 428 g/mol. The highest BCUT2D eigenvalue weighted by molar-refractivity contribution is 5.88. The molecule has 160 valence electrons. The SMILES string of the molecule is COc1cc2c(cc1OCc1ccccc1)-c1cc3ccc([N+](=O)[O-])cc3c(=O)n1CC2. The number of non-ortho nitro benzene ring substituents is 1. The number of hydrogen-bond acceptors (Lipinski definition) is 5. The number of methoxy groups -OCH3 is 1. The number of rotatable bonds is 5. The molecule has 0 radical (unpaired) electrons. The van der Waals surface area contributed by atoms with Crippen LogP contribution in [0.1, 0.15) is 11.1 Å². The van der Waals surface area contributed by atoms with Crippen molar-refractivity contribution in [2.24, 2.45) is 0 Å². The number of nitrogens with zero attached hydrogens (tertiary/aromatic N) is 2. The number of fused-ring (bicyclic) bond motifs is 4. The van der Waals surface area contributed by atoms with Crippen molar-refractivity contribution in [3.05, 3.63) is 98.3 Å². The molecule has 0 spiro atoms. The van der Waals surface area contributed by atoms with Gasteiger partial charge in [0.1, 0.15) is 6.61 Å². The molecular formula is C25H20N2O5. The van der Waals surface area contributed by atoms with E-state index in [0.717, 1.165) is 22.4 Å². The zero-order chi connectivity index (χ0) is 22.2. The molecule has 7 heteroatoms. The van der Waals surface area contributed by atoms with E-state index in [2.05, 4.69) is 0 Å². The standard InChI is InChI=1S/C25H20N2O5/c1-31-23-12-18-9-10-26-22(11-17-7-8-19(27(29)30)13-21(17)25(26)28)20(18)14-24(23)32-15-16-5-3-2-4-6-16/h2-8,11-14H,9-10,15H2,1H3. The third kappa shape index (κ3) is 3.37. The summed E-state index contributed by atoms with van der Waals surface area (Å²) in [5.74, 6) is 1.24. The molecule has 0 fully saturated rings. The smallest absolute Gasteiger partial charge is 0.270 e. The molecule has 4 aromatic rings. The molecule has 5 rings (SSSR count). The second kappa shape index (κ2) is 7.85. The molecule has 0 atom stereocenters. The van der Waals surface area contributed by atoms with E-state index in [4.69, 9.17) is 9.47 Å². The highest BCUT2D eigenvalue weighted by Crippen LogP contribution is 2.39. The van der Waals surface area contributed by atoms with Gasteiger partial charge in [0.15, 0.2) is 11.5 Å². The Balaban J connectivity index is 1.61. The Kier molecular flexibility index (Phi) is 4.86. The van der Waals surface area contributed by atoms with Gasteiger partial charge >= 0.3 is 0 Å². The second-order valence-corrected chi connectivity index (χ2v) is 7.70. The molecule has 0 unspecified atom stereocenters. The minimum Gasteiger partial charge on any atom is -0.493 e. The molecule has 1 aliphatic heterocycles. The van der Waals surface area contributed by atoms with Gasteiger partial charge in [-0.3, -0.25) is 14.9 Å². The molecular weight excluding hydrogens is 408 g/mol. The molecule has 3 aromatic carbocycles. The van der Waals surface area contributed by atoms with Gasteiger partial charge in [0.25, 0.3) is 11.2 Å². The summed E-state index contributed by atoms with van der Waals surface area (Å²) in [5.41, 5.74) is 3.45. The predicted octanol–water partition coefficient (Wildman–Crippen LogP) is 4.72. The number of aryl methyl sites for hydroxylation is 1. The van der Waals surface area contributed by atoms with Crippen LogP contribution in [-0.2, 0) is 19.6 Å². The molecule has 1 aromatic heterocycles. The number of benzene rings is 3. The Morgan fingerprint density at radius 3 is 2.59 bits per heavy atom. The van der Waals surface area contributed by atoms with Crippen molar-refractivity contribution in [2.75, 3.05) is 7.11 Å². The molecule has 0 amide bonds. The first kappa shape index (κ1) is 19.8. The van der Waals surface area contributed by atoms with E-state index in [-0.39, 0.29) is 11.2 Å². The van der Waals surface area contributed by atoms with Gasteiger partial charge in [-0.05, 0) is 47.2 Å². The monoisotopic (exact) mass is 428 g/mol. The van der Waals surface area contributed by atoms with Crippen molar-refractivity contribution in [1.29, 1.82) is 0 Å². The summed E-state index contributed by atoms with van der Waals surface area (Å²) in [6, 6.07) is 20.0. The Labute approximate surface area is 183 Å². The van der Waals surface area contributed by atoms with Crippen LogP contribution in [0.5, 0.6) is 11.5 Å². The number of pyridine rings is 1. The van der Waals surface area contributed by atoms with Gasteiger partial charge < -0.3 is 14.0 Å². The molecule has 32 heavy (non-hydrogen) atoms. The van der Waals surface area contributed by atoms with Crippen LogP contribution in [0.4, 0.5) is 5.69 Å². The number of hydrogen-bond donors (Lipinski definition) is 0. The third-order valence-electron chi connectivity index (χ3n) is 5.81. The van der Waals surface area contributed by atoms with E-state index in [1.807, 2.05) is 48.5 Å². The van der Waals surface area contributed by atoms with E-state index in [9.17, 15) is 14.9 Å². The first-order chi connectivity index (χ1) is 15.5. The number of aromatic nitrogens is 1. The molecule has 2 heterocycles. The van der Waals surface area contributed by atoms with Crippen LogP contribution in [0.15, 0.2) is 71.5 Å². The predicted molar refractivity (Wildman–Crippen MR) is 121 cm³/mol. The minimum absolute atomic E-state index is 0.0901. The summed E-state index contributed by atoms with van der Waals surface area (Å²) in [6.45, 7) is 0.886. The van der Waals surface area contributed by atoms with Gasteiger partial charge in [-0.15, -0.1) is 0 Å². The highest BCUT2D eigenvalue weighted by atomic mass is 16.6. The van der Waals surface area contributed by atoms with E-state index < -0.39 is 4.92 Å². The summed E-state index contributed by atoms with van der Waals surface area (Å²) in [4.78, 5) is 23.8. The molecule has 0 N–H and O–H groups in total. The summed E-state index contributed by atoms with van der Waals surface area (Å²) >= 11 is 0. The van der Waals surface area contributed by atoms with Crippen LogP contribution in [0.3, 0.4) is 0 Å². The number of ether oxygens (including phenoxy) is 2. The Morgan fingerprint density at radius 1 is 1.03 bits per heavy atom. The Morgan fingerprint density at radius 2 is 1.84 bits per heavy atom. The van der Waals surface area contributed by atoms with Crippen molar-refractivity contribution >= 4 is 16.5 Å². The summed E-state index contributed by atoms with van der Waals surface area (Å²) in [6.07, 6.45) is 0.651. The average Bonchev–Trinajstić information content (AvgIpc) is 2.82. The van der Waals surface area contributed by atoms with Crippen molar-refractivity contribution in [3.8, 4) is 22.8 Å². The molecule has 0 bridgehead atoms. The fourth-order valence-electron chi connectivity index (χ4n) is 4.18. The fourth-order valence-corrected chi connectivity index (χ4v) is 4.18. The van der Waals surface area contributed by atoms with Gasteiger partial charge in [-0.2, -0.15) is 0 Å². The number of nitro groups is 1. The topological polar surface area (TPSA) is 83.6 Å². The van der Waals surface area contributed by atoms with Crippen LogP contribution in [0.2, 0.25) is 0 Å². The first-order valence-electron chi connectivity index (χ1n) is 10.2. The van der Waals surface area contributed by atoms with Gasteiger partial charge in [0.2, 0.25) is 0 Å². The first-order valence-corrected chi connectivity index (χ1v) is 10.2. The van der Waals surface area contributed by atoms with Crippen molar-refractivity contribution in [2.45, 2.75) is 19.6 Å². The maximum Gasteiger partial charge on any atom is 0.270 e. The van der Waals surface area contributed by atoms with Crippen LogP contribution < -0.4 is 15.0 Å². The Bertz CT molecular complexity index is 1410. The van der Waals surface area contributed by atoms with E-state index in [1.165, 1.54) is 12.1 Å². The van der Waals surface area contributed by atoms with Crippen molar-refractivity contribution < 1.29 is 14.4 Å². The van der Waals surface area contributed by atoms with Crippen LogP contribution in [0, 0.1) is 10.1 Å². The largest absolute Gasteiger partial charge is 0.493 e. The van der Waals surface area contributed by atoms with Gasteiger partial charge in [0, 0.05) is 24.2 Å². The number of nitro benzene ring substituents is 1. The summed E-state index contributed by atoms with van der Waals surface area (Å²) < 4.78 is 13.3. The lowest BCUT2D eigenvalue weighted by Crippen LogP contribution is -2.26. The normalized spacial score (nSPS) is 12.2. The fraction of sp³-hybridized carbons (Fsp3) is 0.160. The lowest BCUT2D eigenvalue weighted by atomic mass is 9.95. The molecule has 0 aliphatic carbocycles. The summed E-state index contributed by atoms with van der Waals surface area (Å²) in [5, 5.41) is 12.2. The van der Waals surface area contributed by atoms with Crippen molar-refractivity contribution in [3.63, 3.8) is 0 Å². The maximum atomic E-state index is 13.2. The van der Waals surface area contributed by atoms with Crippen LogP contribution in [-0.4, -0.2) is 16.6 Å². The molecule has 0 saturated carbocycles. The van der Waals surface area contributed by atoms with E-state index >= 15 is 0 Å². The molecule has 0 saturated heterocycles. The Hall–Kier alpha value is -4.13. The maximum absolute atomic E-state index is 13.2. The van der Waals surface area contributed by atoms with Crippen molar-refractivity contribution in [1.82, 2.24) is 4.57 Å². The zero-order valence-electron chi connectivity index (χ0n) is 17.4. The van der Waals surface area contributed by atoms with Crippen LogP contribution in [0.25, 0.3) is 22.0 Å². The van der Waals surface area contributed by atoms with Gasteiger partial charge in [0.05, 0.1) is 23.1 Å². The second-order valence-electron chi connectivity index (χ2n) is 7.70. The summed E-state index contributed by atoms with van der Waals surface area (Å²) in [7, 11) is 1.61. The van der Waals surface area contributed by atoms with Gasteiger partial charge in [-0.25, -0.2) is 0 Å².